The molecule has 5 nitrogen and oxygen atoms in total. The molecule has 2 rings (SSSR count). The van der Waals surface area contributed by atoms with Crippen molar-refractivity contribution in [1.82, 2.24) is 10.6 Å². The van der Waals surface area contributed by atoms with Crippen LogP contribution >= 0.6 is 15.9 Å². The van der Waals surface area contributed by atoms with Crippen LogP contribution in [0.15, 0.2) is 28.7 Å². The first-order chi connectivity index (χ1) is 10.1. The van der Waals surface area contributed by atoms with E-state index in [2.05, 4.69) is 33.5 Å². The van der Waals surface area contributed by atoms with Crippen LogP contribution in [0.1, 0.15) is 37.8 Å². The van der Waals surface area contributed by atoms with Crippen molar-refractivity contribution in [3.8, 4) is 0 Å². The van der Waals surface area contributed by atoms with Gasteiger partial charge in [0.15, 0.2) is 6.54 Å². The van der Waals surface area contributed by atoms with Gasteiger partial charge in [-0.15, -0.1) is 0 Å². The number of carbonyl (C=O) groups excluding carboxylic acids is 2. The minimum atomic E-state index is -0.382. The Morgan fingerprint density at radius 2 is 2.00 bits per heavy atom. The molecule has 114 valence electrons. The molecule has 0 aromatic heterocycles. The van der Waals surface area contributed by atoms with Gasteiger partial charge in [-0.1, -0.05) is 35.0 Å². The van der Waals surface area contributed by atoms with Crippen molar-refractivity contribution < 1.29 is 14.9 Å². The van der Waals surface area contributed by atoms with E-state index in [0.29, 0.717) is 0 Å². The molecular formula is C15H21BrN3O2+. The molecule has 1 aromatic carbocycles. The Kier molecular flexibility index (Phi) is 5.76. The van der Waals surface area contributed by atoms with E-state index in [4.69, 9.17) is 0 Å². The van der Waals surface area contributed by atoms with Crippen LogP contribution in [0.5, 0.6) is 0 Å². The number of benzene rings is 1. The number of halogens is 1. The lowest BCUT2D eigenvalue weighted by Gasteiger charge is -2.14. The van der Waals surface area contributed by atoms with Gasteiger partial charge in [0.2, 0.25) is 0 Å². The van der Waals surface area contributed by atoms with Gasteiger partial charge in [-0.05, 0) is 25.0 Å². The Labute approximate surface area is 133 Å². The number of imide groups is 1. The van der Waals surface area contributed by atoms with Crippen LogP contribution in [-0.2, 0) is 4.79 Å². The van der Waals surface area contributed by atoms with E-state index in [9.17, 15) is 9.59 Å². The summed E-state index contributed by atoms with van der Waals surface area (Å²) in [6, 6.07) is 8.18. The molecule has 21 heavy (non-hydrogen) atoms. The third-order valence-corrected chi connectivity index (χ3v) is 4.02. The maximum atomic E-state index is 11.8. The van der Waals surface area contributed by atoms with Crippen LogP contribution in [-0.4, -0.2) is 24.5 Å². The lowest BCUT2D eigenvalue weighted by atomic mass is 10.0. The third-order valence-electron chi connectivity index (χ3n) is 3.49. The standard InChI is InChI=1S/C15H20BrN3O2/c1-2-13(10-3-5-11(16)6-4-10)17-9-14(20)19-15(21)18-12-7-8-12/h3-6,12-13,17H,2,7-9H2,1H3,(H2,18,19,20,21)/p+1/t13-/m0/s1. The van der Waals surface area contributed by atoms with E-state index >= 15 is 0 Å². The zero-order valence-corrected chi connectivity index (χ0v) is 13.7. The quantitative estimate of drug-likeness (QED) is 0.723. The average Bonchev–Trinajstić information content (AvgIpc) is 3.25. The largest absolute Gasteiger partial charge is 0.335 e. The van der Waals surface area contributed by atoms with Crippen LogP contribution in [0.25, 0.3) is 0 Å². The number of rotatable bonds is 6. The maximum absolute atomic E-state index is 11.8. The zero-order chi connectivity index (χ0) is 15.2. The summed E-state index contributed by atoms with van der Waals surface area (Å²) in [5.41, 5.74) is 1.18. The number of nitrogens with one attached hydrogen (secondary N) is 2. The number of quaternary nitrogens is 1. The molecule has 1 aliphatic rings. The van der Waals surface area contributed by atoms with Gasteiger partial charge >= 0.3 is 6.03 Å². The summed E-state index contributed by atoms with van der Waals surface area (Å²) in [5, 5.41) is 7.06. The van der Waals surface area contributed by atoms with Gasteiger partial charge in [0, 0.05) is 22.5 Å². The van der Waals surface area contributed by atoms with Crippen molar-refractivity contribution >= 4 is 27.9 Å². The highest BCUT2D eigenvalue weighted by atomic mass is 79.9. The van der Waals surface area contributed by atoms with Crippen LogP contribution in [0.2, 0.25) is 0 Å². The van der Waals surface area contributed by atoms with Crippen molar-refractivity contribution in [2.24, 2.45) is 0 Å². The lowest BCUT2D eigenvalue weighted by molar-refractivity contribution is -0.686. The van der Waals surface area contributed by atoms with E-state index in [1.807, 2.05) is 29.6 Å². The topological polar surface area (TPSA) is 74.8 Å². The lowest BCUT2D eigenvalue weighted by Crippen LogP contribution is -2.87. The fourth-order valence-electron chi connectivity index (χ4n) is 2.12. The Balaban J connectivity index is 1.77. The minimum absolute atomic E-state index is 0.218. The smallest absolute Gasteiger partial charge is 0.321 e. The summed E-state index contributed by atoms with van der Waals surface area (Å²) < 4.78 is 1.04. The van der Waals surface area contributed by atoms with Gasteiger partial charge in [-0.2, -0.15) is 0 Å². The summed E-state index contributed by atoms with van der Waals surface area (Å²) in [5.74, 6) is -0.260. The van der Waals surface area contributed by atoms with E-state index in [-0.39, 0.29) is 30.6 Å². The highest BCUT2D eigenvalue weighted by Crippen LogP contribution is 2.18. The highest BCUT2D eigenvalue weighted by molar-refractivity contribution is 9.10. The summed E-state index contributed by atoms with van der Waals surface area (Å²) in [6.07, 6.45) is 2.94. The van der Waals surface area contributed by atoms with E-state index in [1.54, 1.807) is 0 Å². The Morgan fingerprint density at radius 3 is 2.57 bits per heavy atom. The molecule has 3 amide bonds. The molecule has 1 aromatic rings. The number of amides is 3. The Bertz CT molecular complexity index is 500. The first-order valence-corrected chi connectivity index (χ1v) is 8.07. The summed E-state index contributed by atoms with van der Waals surface area (Å²) in [6.45, 7) is 2.33. The van der Waals surface area contributed by atoms with Gasteiger partial charge in [0.1, 0.15) is 6.04 Å². The molecule has 1 fully saturated rings. The minimum Gasteiger partial charge on any atom is -0.335 e. The van der Waals surface area contributed by atoms with Crippen molar-refractivity contribution in [2.45, 2.75) is 38.3 Å². The van der Waals surface area contributed by atoms with Crippen LogP contribution in [0.3, 0.4) is 0 Å². The predicted molar refractivity (Wildman–Crippen MR) is 83.7 cm³/mol. The second kappa shape index (κ2) is 7.56. The molecule has 1 aliphatic carbocycles. The second-order valence-electron chi connectivity index (χ2n) is 5.30. The molecule has 0 radical (unpaired) electrons. The molecule has 0 saturated heterocycles. The van der Waals surface area contributed by atoms with Crippen LogP contribution in [0, 0.1) is 0 Å². The monoisotopic (exact) mass is 354 g/mol. The van der Waals surface area contributed by atoms with E-state index in [1.165, 1.54) is 5.56 Å². The number of nitrogens with two attached hydrogens (primary N) is 1. The summed E-state index contributed by atoms with van der Waals surface area (Å²) >= 11 is 3.41. The van der Waals surface area contributed by atoms with Crippen molar-refractivity contribution in [1.29, 1.82) is 0 Å². The predicted octanol–water partition coefficient (Wildman–Crippen LogP) is 1.45. The fraction of sp³-hybridized carbons (Fsp3) is 0.467. The number of hydrogen-bond acceptors (Lipinski definition) is 2. The molecular weight excluding hydrogens is 334 g/mol. The molecule has 0 heterocycles. The SMILES string of the molecule is CC[C@H]([NH2+]CC(=O)NC(=O)NC1CC1)c1ccc(Br)cc1. The number of urea groups is 1. The Hall–Kier alpha value is -1.40. The van der Waals surface area contributed by atoms with E-state index < -0.39 is 0 Å². The molecule has 1 saturated carbocycles. The highest BCUT2D eigenvalue weighted by Gasteiger charge is 2.24. The van der Waals surface area contributed by atoms with Crippen molar-refractivity contribution in [3.63, 3.8) is 0 Å². The first kappa shape index (κ1) is 16.0. The maximum Gasteiger partial charge on any atom is 0.321 e. The zero-order valence-electron chi connectivity index (χ0n) is 12.1. The number of carbonyl (C=O) groups is 2. The third kappa shape index (κ3) is 5.47. The molecule has 0 spiro atoms. The molecule has 6 heteroatoms. The molecule has 1 atom stereocenters. The second-order valence-corrected chi connectivity index (χ2v) is 6.22. The van der Waals surface area contributed by atoms with Crippen LogP contribution < -0.4 is 16.0 Å². The summed E-state index contributed by atoms with van der Waals surface area (Å²) in [7, 11) is 0. The molecule has 0 unspecified atom stereocenters. The first-order valence-electron chi connectivity index (χ1n) is 7.27. The molecule has 4 N–H and O–H groups in total. The fourth-order valence-corrected chi connectivity index (χ4v) is 2.39. The van der Waals surface area contributed by atoms with Crippen LogP contribution in [0.4, 0.5) is 4.79 Å². The van der Waals surface area contributed by atoms with Crippen molar-refractivity contribution in [2.75, 3.05) is 6.54 Å². The molecule has 0 bridgehead atoms. The van der Waals surface area contributed by atoms with Gasteiger partial charge in [0.05, 0.1) is 0 Å². The van der Waals surface area contributed by atoms with Crippen molar-refractivity contribution in [3.05, 3.63) is 34.3 Å². The Morgan fingerprint density at radius 1 is 1.33 bits per heavy atom. The van der Waals surface area contributed by atoms with Gasteiger partial charge < -0.3 is 10.6 Å². The van der Waals surface area contributed by atoms with E-state index in [0.717, 1.165) is 23.7 Å². The van der Waals surface area contributed by atoms with Gasteiger partial charge in [-0.3, -0.25) is 10.1 Å². The summed E-state index contributed by atoms with van der Waals surface area (Å²) in [4.78, 5) is 23.2. The van der Waals surface area contributed by atoms with Gasteiger partial charge in [-0.25, -0.2) is 4.79 Å². The normalized spacial score (nSPS) is 15.3. The molecule has 0 aliphatic heterocycles. The van der Waals surface area contributed by atoms with Gasteiger partial charge in [0.25, 0.3) is 5.91 Å². The average molecular weight is 355 g/mol. The number of hydrogen-bond donors (Lipinski definition) is 3.